The summed E-state index contributed by atoms with van der Waals surface area (Å²) < 4.78 is 0. The van der Waals surface area contributed by atoms with Crippen LogP contribution in [0.1, 0.15) is 53.4 Å². The second-order valence-electron chi connectivity index (χ2n) is 3.50. The quantitative estimate of drug-likeness (QED) is 0.630. The Hall–Kier alpha value is 0.660. The predicted octanol–water partition coefficient (Wildman–Crippen LogP) is 2.79. The molecule has 0 saturated carbocycles. The van der Waals surface area contributed by atoms with Crippen LogP contribution in [0.3, 0.4) is 0 Å². The first-order chi connectivity index (χ1) is 6.83. The molecule has 0 aromatic heterocycles. The van der Waals surface area contributed by atoms with E-state index in [-0.39, 0.29) is 22.4 Å². The molecule has 15 heavy (non-hydrogen) atoms. The summed E-state index contributed by atoms with van der Waals surface area (Å²) in [4.78, 5) is 0. The van der Waals surface area contributed by atoms with E-state index in [0.717, 1.165) is 0 Å². The van der Waals surface area contributed by atoms with Gasteiger partial charge in [0.25, 0.3) is 0 Å². The largest absolute Gasteiger partial charge is 0.317 e. The molecule has 0 amide bonds. The van der Waals surface area contributed by atoms with E-state index in [1.54, 1.807) is 0 Å². The number of nitrogens with one attached hydrogen (secondary N) is 2. The van der Waals surface area contributed by atoms with Crippen LogP contribution in [0.2, 0.25) is 0 Å². The summed E-state index contributed by atoms with van der Waals surface area (Å²) in [6.07, 6.45) is 5.00. The maximum absolute atomic E-state index is 3.28. The Labute approximate surface area is 112 Å². The van der Waals surface area contributed by atoms with Crippen molar-refractivity contribution in [1.82, 2.24) is 10.6 Å². The van der Waals surface area contributed by atoms with Crippen LogP contribution >= 0.6 is 0 Å². The molecular weight excluding hydrogens is 353 g/mol. The van der Waals surface area contributed by atoms with E-state index in [9.17, 15) is 0 Å². The molecule has 2 N–H and O–H groups in total. The maximum Gasteiger partial charge on any atom is 0 e. The number of hydrogen-bond donors (Lipinski definition) is 2. The van der Waals surface area contributed by atoms with Crippen LogP contribution in [-0.4, -0.2) is 26.2 Å². The first kappa shape index (κ1) is 21.0. The van der Waals surface area contributed by atoms with E-state index in [1.165, 1.54) is 51.9 Å². The van der Waals surface area contributed by atoms with Crippen molar-refractivity contribution >= 4 is 0 Å². The second kappa shape index (κ2) is 24.1. The summed E-state index contributed by atoms with van der Waals surface area (Å²) in [5.41, 5.74) is 0. The Bertz CT molecular complexity index is 62.0. The molecule has 0 fully saturated rings. The molecule has 0 rings (SSSR count). The number of hydrogen-bond acceptors (Lipinski definition) is 2. The summed E-state index contributed by atoms with van der Waals surface area (Å²) in [5, 5.41) is 6.57. The summed E-state index contributed by atoms with van der Waals surface area (Å²) in [6, 6.07) is 0. The molecule has 0 unspecified atom stereocenters. The van der Waals surface area contributed by atoms with E-state index < -0.39 is 0 Å². The van der Waals surface area contributed by atoms with Crippen LogP contribution in [0.4, 0.5) is 0 Å². The molecule has 0 aliphatic heterocycles. The second-order valence-corrected chi connectivity index (χ2v) is 3.50. The molecule has 0 heterocycles. The fourth-order valence-corrected chi connectivity index (χ4v) is 0.957. The van der Waals surface area contributed by atoms with Crippen LogP contribution in [0.5, 0.6) is 0 Å². The molecule has 0 aliphatic rings. The van der Waals surface area contributed by atoms with Crippen LogP contribution in [0.25, 0.3) is 0 Å². The minimum Gasteiger partial charge on any atom is -0.317 e. The van der Waals surface area contributed by atoms with Crippen molar-refractivity contribution in [1.29, 1.82) is 0 Å². The molecule has 2 nitrogen and oxygen atoms in total. The van der Waals surface area contributed by atoms with Gasteiger partial charge in [-0.3, -0.25) is 0 Å². The van der Waals surface area contributed by atoms with Crippen molar-refractivity contribution in [2.75, 3.05) is 26.2 Å². The summed E-state index contributed by atoms with van der Waals surface area (Å²) in [7, 11) is 0. The van der Waals surface area contributed by atoms with Gasteiger partial charge in [-0.05, 0) is 51.9 Å². The molecule has 1 radical (unpaired) electrons. The van der Waals surface area contributed by atoms with Crippen molar-refractivity contribution in [3.8, 4) is 0 Å². The maximum atomic E-state index is 3.28. The van der Waals surface area contributed by atoms with Crippen LogP contribution < -0.4 is 10.6 Å². The van der Waals surface area contributed by atoms with Crippen LogP contribution in [0.15, 0.2) is 0 Å². The molecule has 0 saturated heterocycles. The van der Waals surface area contributed by atoms with E-state index >= 15 is 0 Å². The third-order valence-electron chi connectivity index (χ3n) is 1.71. The first-order valence-electron chi connectivity index (χ1n) is 6.24. The summed E-state index contributed by atoms with van der Waals surface area (Å²) in [5.74, 6) is 0. The van der Waals surface area contributed by atoms with Gasteiger partial charge in [-0.2, -0.15) is 0 Å². The fraction of sp³-hybridized carbons (Fsp3) is 1.00. The molecule has 0 aromatic rings. The smallest absolute Gasteiger partial charge is 0 e. The van der Waals surface area contributed by atoms with E-state index in [0.29, 0.717) is 0 Å². The van der Waals surface area contributed by atoms with Crippen molar-refractivity contribution in [3.05, 3.63) is 0 Å². The summed E-state index contributed by atoms with van der Waals surface area (Å²) >= 11 is 0. The van der Waals surface area contributed by atoms with Crippen LogP contribution in [0, 0.1) is 0 Å². The molecule has 0 atom stereocenters. The van der Waals surface area contributed by atoms with Crippen LogP contribution in [-0.2, 0) is 22.4 Å². The Balaban J connectivity index is -0.000000180. The molecule has 0 aliphatic carbocycles. The Morgan fingerprint density at radius 3 is 0.867 bits per heavy atom. The monoisotopic (exact) mass is 383 g/mol. The van der Waals surface area contributed by atoms with Crippen molar-refractivity contribution < 1.29 is 22.4 Å². The third-order valence-corrected chi connectivity index (χ3v) is 1.71. The van der Waals surface area contributed by atoms with Gasteiger partial charge in [-0.1, -0.05) is 27.7 Å². The Kier molecular flexibility index (Phi) is 33.7. The van der Waals surface area contributed by atoms with Crippen molar-refractivity contribution in [2.45, 2.75) is 53.4 Å². The van der Waals surface area contributed by atoms with Gasteiger partial charge in [0.15, 0.2) is 0 Å². The molecular formula is C12H30N2Ta. The van der Waals surface area contributed by atoms with Gasteiger partial charge in [0.1, 0.15) is 0 Å². The first-order valence-corrected chi connectivity index (χ1v) is 6.24. The fourth-order valence-electron chi connectivity index (χ4n) is 0.957. The van der Waals surface area contributed by atoms with Gasteiger partial charge in [0, 0.05) is 22.4 Å². The zero-order valence-corrected chi connectivity index (χ0v) is 14.3. The average molecular weight is 383 g/mol. The standard InChI is InChI=1S/2C6H15N.Ta/c2*1-3-5-7-6-4-2;/h2*7H,3-6H2,1-2H3;. The van der Waals surface area contributed by atoms with Crippen molar-refractivity contribution in [2.24, 2.45) is 0 Å². The van der Waals surface area contributed by atoms with E-state index in [2.05, 4.69) is 38.3 Å². The van der Waals surface area contributed by atoms with Gasteiger partial charge < -0.3 is 10.6 Å². The number of rotatable bonds is 8. The minimum atomic E-state index is 0. The van der Waals surface area contributed by atoms with Gasteiger partial charge in [-0.25, -0.2) is 0 Å². The Morgan fingerprint density at radius 2 is 0.733 bits per heavy atom. The zero-order valence-electron chi connectivity index (χ0n) is 11.1. The molecule has 0 bridgehead atoms. The van der Waals surface area contributed by atoms with Gasteiger partial charge in [-0.15, -0.1) is 0 Å². The zero-order chi connectivity index (χ0) is 11.1. The normalized spacial score (nSPS) is 8.80. The average Bonchev–Trinajstić information content (AvgIpc) is 2.21. The SMILES string of the molecule is CCCNCCC.CCCNCCC.[Ta]. The summed E-state index contributed by atoms with van der Waals surface area (Å²) in [6.45, 7) is 13.4. The topological polar surface area (TPSA) is 24.1 Å². The van der Waals surface area contributed by atoms with E-state index in [1.807, 2.05) is 0 Å². The van der Waals surface area contributed by atoms with Gasteiger partial charge >= 0.3 is 0 Å². The predicted molar refractivity (Wildman–Crippen MR) is 66.9 cm³/mol. The van der Waals surface area contributed by atoms with E-state index in [4.69, 9.17) is 0 Å². The molecule has 0 spiro atoms. The van der Waals surface area contributed by atoms with Gasteiger partial charge in [0.05, 0.1) is 0 Å². The molecule has 93 valence electrons. The van der Waals surface area contributed by atoms with Crippen molar-refractivity contribution in [3.63, 3.8) is 0 Å². The minimum absolute atomic E-state index is 0. The molecule has 0 aromatic carbocycles. The third kappa shape index (κ3) is 31.3. The van der Waals surface area contributed by atoms with Gasteiger partial charge in [0.2, 0.25) is 0 Å². The molecule has 3 heteroatoms. The Morgan fingerprint density at radius 1 is 0.533 bits per heavy atom.